The Hall–Kier alpha value is -3.09. The van der Waals surface area contributed by atoms with E-state index < -0.39 is 5.97 Å². The van der Waals surface area contributed by atoms with E-state index >= 15 is 0 Å². The standard InChI is InChI=1S/C18H20N2O5/c1-10-16(18(23)24-4)11(2)19-17(10)14(22)9-25-15-8-6-5-7-13(15)20-12(3)21/h5-8,19H,9H2,1-4H3,(H,20,21). The van der Waals surface area contributed by atoms with Gasteiger partial charge >= 0.3 is 5.97 Å². The molecular weight excluding hydrogens is 324 g/mol. The van der Waals surface area contributed by atoms with Crippen LogP contribution < -0.4 is 10.1 Å². The number of esters is 1. The summed E-state index contributed by atoms with van der Waals surface area (Å²) in [6, 6.07) is 6.83. The van der Waals surface area contributed by atoms with Crippen LogP contribution in [-0.2, 0) is 9.53 Å². The number of hydrogen-bond donors (Lipinski definition) is 2. The first-order valence-electron chi connectivity index (χ1n) is 7.65. The highest BCUT2D eigenvalue weighted by Crippen LogP contribution is 2.24. The van der Waals surface area contributed by atoms with Crippen LogP contribution in [0, 0.1) is 13.8 Å². The van der Waals surface area contributed by atoms with Gasteiger partial charge in [-0.05, 0) is 31.5 Å². The van der Waals surface area contributed by atoms with Crippen molar-refractivity contribution in [1.82, 2.24) is 4.98 Å². The van der Waals surface area contributed by atoms with Crippen LogP contribution in [0.25, 0.3) is 0 Å². The zero-order valence-corrected chi connectivity index (χ0v) is 14.6. The van der Waals surface area contributed by atoms with Gasteiger partial charge in [-0.1, -0.05) is 12.1 Å². The minimum absolute atomic E-state index is 0.235. The minimum Gasteiger partial charge on any atom is -0.483 e. The molecule has 1 amide bonds. The smallest absolute Gasteiger partial charge is 0.339 e. The van der Waals surface area contributed by atoms with Gasteiger partial charge in [-0.15, -0.1) is 0 Å². The summed E-state index contributed by atoms with van der Waals surface area (Å²) in [6.07, 6.45) is 0. The first-order valence-corrected chi connectivity index (χ1v) is 7.65. The van der Waals surface area contributed by atoms with Gasteiger partial charge in [-0.3, -0.25) is 9.59 Å². The van der Waals surface area contributed by atoms with E-state index in [1.807, 2.05) is 0 Å². The van der Waals surface area contributed by atoms with Crippen molar-refractivity contribution in [2.75, 3.05) is 19.0 Å². The molecule has 0 aliphatic carbocycles. The zero-order chi connectivity index (χ0) is 18.6. The lowest BCUT2D eigenvalue weighted by Crippen LogP contribution is -2.15. The van der Waals surface area contributed by atoms with Gasteiger partial charge in [0.2, 0.25) is 11.7 Å². The Morgan fingerprint density at radius 3 is 2.48 bits per heavy atom. The highest BCUT2D eigenvalue weighted by atomic mass is 16.5. The molecule has 0 spiro atoms. The number of ketones is 1. The highest BCUT2D eigenvalue weighted by Gasteiger charge is 2.22. The van der Waals surface area contributed by atoms with Gasteiger partial charge in [0.1, 0.15) is 5.75 Å². The second-order valence-electron chi connectivity index (χ2n) is 5.51. The number of H-pyrrole nitrogens is 1. The normalized spacial score (nSPS) is 10.2. The topological polar surface area (TPSA) is 97.5 Å². The number of methoxy groups -OCH3 is 1. The predicted molar refractivity (Wildman–Crippen MR) is 92.2 cm³/mol. The van der Waals surface area contributed by atoms with Crippen LogP contribution in [-0.4, -0.2) is 36.4 Å². The molecule has 7 nitrogen and oxygen atoms in total. The van der Waals surface area contributed by atoms with Crippen LogP contribution in [0.15, 0.2) is 24.3 Å². The fourth-order valence-electron chi connectivity index (χ4n) is 2.54. The second kappa shape index (κ2) is 7.65. The summed E-state index contributed by atoms with van der Waals surface area (Å²) in [7, 11) is 1.29. The molecule has 2 rings (SSSR count). The molecule has 2 aromatic rings. The number of nitrogens with one attached hydrogen (secondary N) is 2. The molecule has 0 fully saturated rings. The number of carbonyl (C=O) groups is 3. The molecule has 132 valence electrons. The highest BCUT2D eigenvalue weighted by molar-refractivity contribution is 6.02. The summed E-state index contributed by atoms with van der Waals surface area (Å²) in [4.78, 5) is 38.4. The number of anilines is 1. The molecule has 0 saturated heterocycles. The third-order valence-electron chi connectivity index (χ3n) is 3.66. The molecule has 0 bridgehead atoms. The Morgan fingerprint density at radius 2 is 1.84 bits per heavy atom. The van der Waals surface area contributed by atoms with E-state index in [2.05, 4.69) is 10.3 Å². The van der Waals surface area contributed by atoms with Crippen LogP contribution in [0.3, 0.4) is 0 Å². The lowest BCUT2D eigenvalue weighted by atomic mass is 10.1. The number of aromatic nitrogens is 1. The number of carbonyl (C=O) groups excluding carboxylic acids is 3. The third-order valence-corrected chi connectivity index (χ3v) is 3.66. The van der Waals surface area contributed by atoms with Crippen molar-refractivity contribution < 1.29 is 23.9 Å². The van der Waals surface area contributed by atoms with Crippen molar-refractivity contribution in [1.29, 1.82) is 0 Å². The van der Waals surface area contributed by atoms with Gasteiger partial charge in [-0.25, -0.2) is 4.79 Å². The van der Waals surface area contributed by atoms with Gasteiger partial charge in [-0.2, -0.15) is 0 Å². The number of aryl methyl sites for hydroxylation is 1. The molecule has 25 heavy (non-hydrogen) atoms. The molecule has 0 radical (unpaired) electrons. The third kappa shape index (κ3) is 4.06. The number of para-hydroxylation sites is 2. The van der Waals surface area contributed by atoms with E-state index in [4.69, 9.17) is 9.47 Å². The predicted octanol–water partition coefficient (Wildman–Crippen LogP) is 2.64. The van der Waals surface area contributed by atoms with Crippen molar-refractivity contribution >= 4 is 23.3 Å². The van der Waals surface area contributed by atoms with Crippen LogP contribution in [0.5, 0.6) is 5.75 Å². The van der Waals surface area contributed by atoms with Crippen LogP contribution >= 0.6 is 0 Å². The second-order valence-corrected chi connectivity index (χ2v) is 5.51. The first kappa shape index (κ1) is 18.3. The summed E-state index contributed by atoms with van der Waals surface area (Å²) < 4.78 is 10.3. The van der Waals surface area contributed by atoms with Crippen molar-refractivity contribution in [3.05, 3.63) is 46.8 Å². The number of amides is 1. The molecule has 0 atom stereocenters. The maximum absolute atomic E-state index is 12.5. The summed E-state index contributed by atoms with van der Waals surface area (Å²) in [5, 5.41) is 2.64. The van der Waals surface area contributed by atoms with Crippen molar-refractivity contribution in [2.45, 2.75) is 20.8 Å². The Morgan fingerprint density at radius 1 is 1.16 bits per heavy atom. The van der Waals surface area contributed by atoms with Gasteiger partial charge in [0.15, 0.2) is 6.61 Å². The lowest BCUT2D eigenvalue weighted by Gasteiger charge is -2.11. The van der Waals surface area contributed by atoms with Crippen molar-refractivity contribution in [3.63, 3.8) is 0 Å². The molecular formula is C18H20N2O5. The van der Waals surface area contributed by atoms with E-state index in [-0.39, 0.29) is 18.3 Å². The maximum atomic E-state index is 12.5. The van der Waals surface area contributed by atoms with Crippen LogP contribution in [0.2, 0.25) is 0 Å². The Balaban J connectivity index is 2.17. The number of benzene rings is 1. The molecule has 0 saturated carbocycles. The molecule has 0 aliphatic heterocycles. The van der Waals surface area contributed by atoms with E-state index in [9.17, 15) is 14.4 Å². The van der Waals surface area contributed by atoms with Gasteiger partial charge in [0.05, 0.1) is 24.1 Å². The Labute approximate surface area is 145 Å². The number of Topliss-reactive ketones (excluding diaryl/α,β-unsaturated/α-hetero) is 1. The largest absolute Gasteiger partial charge is 0.483 e. The van der Waals surface area contributed by atoms with E-state index in [0.29, 0.717) is 34.0 Å². The lowest BCUT2D eigenvalue weighted by molar-refractivity contribution is -0.114. The van der Waals surface area contributed by atoms with Crippen molar-refractivity contribution in [2.24, 2.45) is 0 Å². The quantitative estimate of drug-likeness (QED) is 0.620. The summed E-state index contributed by atoms with van der Waals surface area (Å²) in [5.41, 5.74) is 2.22. The van der Waals surface area contributed by atoms with E-state index in [1.165, 1.54) is 14.0 Å². The fourth-order valence-corrected chi connectivity index (χ4v) is 2.54. The average Bonchev–Trinajstić information content (AvgIpc) is 2.87. The summed E-state index contributed by atoms with van der Waals surface area (Å²) >= 11 is 0. The number of aromatic amines is 1. The van der Waals surface area contributed by atoms with Crippen LogP contribution in [0.1, 0.15) is 39.0 Å². The molecule has 2 N–H and O–H groups in total. The number of rotatable bonds is 6. The minimum atomic E-state index is -0.498. The van der Waals surface area contributed by atoms with Gasteiger partial charge < -0.3 is 19.8 Å². The first-order chi connectivity index (χ1) is 11.8. The average molecular weight is 344 g/mol. The van der Waals surface area contributed by atoms with Gasteiger partial charge in [0.25, 0.3) is 0 Å². The molecule has 7 heteroatoms. The van der Waals surface area contributed by atoms with E-state index in [0.717, 1.165) is 0 Å². The summed E-state index contributed by atoms with van der Waals surface area (Å²) in [6.45, 7) is 4.52. The maximum Gasteiger partial charge on any atom is 0.339 e. The Kier molecular flexibility index (Phi) is 5.59. The van der Waals surface area contributed by atoms with Gasteiger partial charge in [0, 0.05) is 12.6 Å². The monoisotopic (exact) mass is 344 g/mol. The summed E-state index contributed by atoms with van der Waals surface area (Å²) in [5.74, 6) is -0.656. The molecule has 0 unspecified atom stereocenters. The van der Waals surface area contributed by atoms with Crippen molar-refractivity contribution in [3.8, 4) is 5.75 Å². The SMILES string of the molecule is COC(=O)c1c(C)[nH]c(C(=O)COc2ccccc2NC(C)=O)c1C. The molecule has 1 aromatic carbocycles. The van der Waals surface area contributed by atoms with E-state index in [1.54, 1.807) is 38.1 Å². The fraction of sp³-hybridized carbons (Fsp3) is 0.278. The Bertz CT molecular complexity index is 823. The number of ether oxygens (including phenoxy) is 2. The number of hydrogen-bond acceptors (Lipinski definition) is 5. The molecule has 1 heterocycles. The zero-order valence-electron chi connectivity index (χ0n) is 14.6. The molecule has 1 aromatic heterocycles. The van der Waals surface area contributed by atoms with Crippen LogP contribution in [0.4, 0.5) is 5.69 Å². The molecule has 0 aliphatic rings.